The van der Waals surface area contributed by atoms with Crippen LogP contribution in [0.4, 0.5) is 0 Å². The van der Waals surface area contributed by atoms with E-state index in [4.69, 9.17) is 4.74 Å². The maximum absolute atomic E-state index is 9.72. The molecule has 0 fully saturated rings. The van der Waals surface area contributed by atoms with Crippen LogP contribution in [0.25, 0.3) is 0 Å². The number of hydrogen-bond donors (Lipinski definition) is 2. The first-order valence-corrected chi connectivity index (χ1v) is 9.14. The molecule has 0 aliphatic carbocycles. The van der Waals surface area contributed by atoms with Crippen LogP contribution < -0.4 is 0 Å². The van der Waals surface area contributed by atoms with Crippen molar-refractivity contribution in [1.29, 1.82) is 5.26 Å². The highest BCUT2D eigenvalue weighted by molar-refractivity contribution is 5.47. The Morgan fingerprint density at radius 2 is 1.04 bits per heavy atom. The second kappa shape index (κ2) is 8.81. The number of benzene rings is 3. The number of aliphatic hydroxyl groups excluding tert-OH is 2. The Morgan fingerprint density at radius 1 is 0.679 bits per heavy atom. The van der Waals surface area contributed by atoms with E-state index in [0.29, 0.717) is 0 Å². The van der Waals surface area contributed by atoms with E-state index >= 15 is 0 Å². The third-order valence-corrected chi connectivity index (χ3v) is 4.95. The van der Waals surface area contributed by atoms with Crippen molar-refractivity contribution in [2.24, 2.45) is 5.41 Å². The molecule has 0 heterocycles. The number of nitrogens with zero attached hydrogens (tertiary/aromatic N) is 1. The van der Waals surface area contributed by atoms with Crippen molar-refractivity contribution in [1.82, 2.24) is 0 Å². The molecule has 142 valence electrons. The number of aliphatic hydroxyl groups is 2. The van der Waals surface area contributed by atoms with Crippen molar-refractivity contribution < 1.29 is 14.9 Å². The first-order valence-electron chi connectivity index (χ1n) is 9.14. The van der Waals surface area contributed by atoms with E-state index in [1.807, 2.05) is 97.1 Å². The average Bonchev–Trinajstić information content (AvgIpc) is 2.79. The normalized spacial score (nSPS) is 11.8. The van der Waals surface area contributed by atoms with Gasteiger partial charge in [0.1, 0.15) is 11.0 Å². The third-order valence-electron chi connectivity index (χ3n) is 4.95. The van der Waals surface area contributed by atoms with Crippen LogP contribution in [0.5, 0.6) is 0 Å². The minimum Gasteiger partial charge on any atom is -0.395 e. The van der Waals surface area contributed by atoms with Crippen LogP contribution in [0.15, 0.2) is 91.0 Å². The molecule has 0 amide bonds. The lowest BCUT2D eigenvalue weighted by Gasteiger charge is -2.38. The van der Waals surface area contributed by atoms with Gasteiger partial charge in [-0.05, 0) is 16.7 Å². The zero-order valence-corrected chi connectivity index (χ0v) is 15.5. The van der Waals surface area contributed by atoms with Crippen molar-refractivity contribution in [3.8, 4) is 6.07 Å². The van der Waals surface area contributed by atoms with Gasteiger partial charge in [-0.15, -0.1) is 0 Å². The van der Waals surface area contributed by atoms with Gasteiger partial charge < -0.3 is 14.9 Å². The summed E-state index contributed by atoms with van der Waals surface area (Å²) in [6.07, 6.45) is 0. The molecular weight excluding hydrogens is 350 g/mol. The molecule has 0 bridgehead atoms. The second-order valence-electron chi connectivity index (χ2n) is 6.78. The Morgan fingerprint density at radius 3 is 1.32 bits per heavy atom. The monoisotopic (exact) mass is 373 g/mol. The topological polar surface area (TPSA) is 73.5 Å². The Kier molecular flexibility index (Phi) is 6.23. The maximum atomic E-state index is 9.72. The molecule has 0 aromatic heterocycles. The van der Waals surface area contributed by atoms with Crippen molar-refractivity contribution in [2.75, 3.05) is 19.8 Å². The number of hydrogen-bond acceptors (Lipinski definition) is 4. The van der Waals surface area contributed by atoms with E-state index in [1.54, 1.807) is 0 Å². The molecule has 0 unspecified atom stereocenters. The fourth-order valence-electron chi connectivity index (χ4n) is 3.26. The Bertz CT molecular complexity index is 804. The smallest absolute Gasteiger partial charge is 0.143 e. The van der Waals surface area contributed by atoms with Gasteiger partial charge in [-0.3, -0.25) is 0 Å². The molecule has 28 heavy (non-hydrogen) atoms. The largest absolute Gasteiger partial charge is 0.395 e. The summed E-state index contributed by atoms with van der Waals surface area (Å²) >= 11 is 0. The van der Waals surface area contributed by atoms with E-state index in [2.05, 4.69) is 0 Å². The quantitative estimate of drug-likeness (QED) is 0.593. The van der Waals surface area contributed by atoms with Crippen molar-refractivity contribution >= 4 is 0 Å². The third kappa shape index (κ3) is 3.69. The molecule has 0 aliphatic heterocycles. The molecule has 3 aromatic carbocycles. The van der Waals surface area contributed by atoms with Crippen LogP contribution in [-0.4, -0.2) is 30.0 Å². The molecule has 0 atom stereocenters. The second-order valence-corrected chi connectivity index (χ2v) is 6.78. The van der Waals surface area contributed by atoms with Gasteiger partial charge in [0.15, 0.2) is 0 Å². The molecule has 4 heteroatoms. The summed E-state index contributed by atoms with van der Waals surface area (Å²) in [5, 5.41) is 29.0. The fraction of sp³-hybridized carbons (Fsp3) is 0.208. The number of rotatable bonds is 8. The summed E-state index contributed by atoms with van der Waals surface area (Å²) in [5.74, 6) is 0. The van der Waals surface area contributed by atoms with Crippen LogP contribution >= 0.6 is 0 Å². The van der Waals surface area contributed by atoms with Crippen molar-refractivity contribution in [3.63, 3.8) is 0 Å². The van der Waals surface area contributed by atoms with Crippen molar-refractivity contribution in [2.45, 2.75) is 5.60 Å². The Hall–Kier alpha value is -2.97. The van der Waals surface area contributed by atoms with Gasteiger partial charge in [-0.2, -0.15) is 5.26 Å². The molecule has 0 saturated carbocycles. The minimum atomic E-state index is -1.39. The molecule has 0 saturated heterocycles. The maximum Gasteiger partial charge on any atom is 0.143 e. The lowest BCUT2D eigenvalue weighted by Crippen LogP contribution is -2.40. The molecule has 4 nitrogen and oxygen atoms in total. The molecule has 3 rings (SSSR count). The first-order chi connectivity index (χ1) is 13.7. The van der Waals surface area contributed by atoms with Crippen LogP contribution in [0, 0.1) is 16.7 Å². The van der Waals surface area contributed by atoms with Gasteiger partial charge in [0, 0.05) is 0 Å². The highest BCUT2D eigenvalue weighted by Gasteiger charge is 2.41. The molecule has 2 N–H and O–H groups in total. The van der Waals surface area contributed by atoms with Gasteiger partial charge in [-0.25, -0.2) is 0 Å². The van der Waals surface area contributed by atoms with E-state index < -0.39 is 24.2 Å². The first kappa shape index (κ1) is 19.8. The summed E-state index contributed by atoms with van der Waals surface area (Å²) < 4.78 is 6.48. The molecule has 0 radical (unpaired) electrons. The fourth-order valence-corrected chi connectivity index (χ4v) is 3.26. The van der Waals surface area contributed by atoms with Crippen LogP contribution in [0.1, 0.15) is 16.7 Å². The number of ether oxygens (including phenoxy) is 1. The Labute approximate surface area is 165 Å². The molecular formula is C24H23NO3. The summed E-state index contributed by atoms with van der Waals surface area (Å²) in [5.41, 5.74) is 0.320. The van der Waals surface area contributed by atoms with E-state index in [0.717, 1.165) is 16.7 Å². The predicted molar refractivity (Wildman–Crippen MR) is 107 cm³/mol. The minimum absolute atomic E-state index is 0.130. The summed E-state index contributed by atoms with van der Waals surface area (Å²) in [4.78, 5) is 0. The molecule has 0 aliphatic rings. The van der Waals surface area contributed by atoms with Crippen LogP contribution in [0.3, 0.4) is 0 Å². The van der Waals surface area contributed by atoms with Crippen molar-refractivity contribution in [3.05, 3.63) is 108 Å². The van der Waals surface area contributed by atoms with Gasteiger partial charge >= 0.3 is 0 Å². The summed E-state index contributed by atoms with van der Waals surface area (Å²) in [6, 6.07) is 31.3. The molecule has 3 aromatic rings. The highest BCUT2D eigenvalue weighted by Crippen LogP contribution is 2.41. The summed E-state index contributed by atoms with van der Waals surface area (Å²) in [7, 11) is 0. The molecule has 0 spiro atoms. The van der Waals surface area contributed by atoms with E-state index in [1.165, 1.54) is 0 Å². The SMILES string of the molecule is N#CC(CO)(CO)COC(c1ccccc1)(c1ccccc1)c1ccccc1. The highest BCUT2D eigenvalue weighted by atomic mass is 16.5. The predicted octanol–water partition coefficient (Wildman–Crippen LogP) is 3.49. The van der Waals surface area contributed by atoms with Crippen LogP contribution in [0.2, 0.25) is 0 Å². The zero-order valence-electron chi connectivity index (χ0n) is 15.5. The zero-order chi connectivity index (χ0) is 19.9. The van der Waals surface area contributed by atoms with Gasteiger partial charge in [-0.1, -0.05) is 91.0 Å². The average molecular weight is 373 g/mol. The lowest BCUT2D eigenvalue weighted by atomic mass is 9.79. The lowest BCUT2D eigenvalue weighted by molar-refractivity contribution is -0.0547. The van der Waals surface area contributed by atoms with Gasteiger partial charge in [0.05, 0.1) is 25.9 Å². The van der Waals surface area contributed by atoms with Gasteiger partial charge in [0.25, 0.3) is 0 Å². The number of nitriles is 1. The van der Waals surface area contributed by atoms with E-state index in [9.17, 15) is 15.5 Å². The van der Waals surface area contributed by atoms with E-state index in [-0.39, 0.29) is 6.61 Å². The van der Waals surface area contributed by atoms with Gasteiger partial charge in [0.2, 0.25) is 0 Å². The van der Waals surface area contributed by atoms with Crippen LogP contribution in [-0.2, 0) is 10.3 Å². The summed E-state index contributed by atoms with van der Waals surface area (Å²) in [6.45, 7) is -1.11. The Balaban J connectivity index is 2.21. The standard InChI is InChI=1S/C24H23NO3/c25-16-23(17-26,18-27)19-28-24(20-10-4-1-5-11-20,21-12-6-2-7-13-21)22-14-8-3-9-15-22/h1-15,26-27H,17-19H2.